The number of carbonyl (C=O) groups is 2. The minimum atomic E-state index is -0.787. The Kier molecular flexibility index (Phi) is 7.70. The number of nitrogens with zero attached hydrogens (tertiary/aromatic N) is 1. The topological polar surface area (TPSA) is 61.4 Å². The van der Waals surface area contributed by atoms with Gasteiger partial charge in [0.05, 0.1) is 0 Å². The van der Waals surface area contributed by atoms with Crippen LogP contribution in [0.1, 0.15) is 60.9 Å². The van der Waals surface area contributed by atoms with Crippen molar-refractivity contribution >= 4 is 17.5 Å². The molecule has 0 bridgehead atoms. The number of benzene rings is 2. The Hall–Kier alpha value is -2.80. The van der Waals surface area contributed by atoms with Gasteiger partial charge in [0.1, 0.15) is 11.6 Å². The van der Waals surface area contributed by atoms with Gasteiger partial charge in [-0.1, -0.05) is 31.4 Å². The number of carbonyl (C=O) groups excluding carboxylic acids is 2. The van der Waals surface area contributed by atoms with E-state index in [4.69, 9.17) is 0 Å². The maximum Gasteiger partial charge on any atom is 0.255 e. The highest BCUT2D eigenvalue weighted by Crippen LogP contribution is 2.23. The molecule has 2 N–H and O–H groups in total. The van der Waals surface area contributed by atoms with Gasteiger partial charge < -0.3 is 10.6 Å². The Bertz CT molecular complexity index is 963. The number of rotatable bonds is 6. The average molecular weight is 456 g/mol. The van der Waals surface area contributed by atoms with E-state index in [9.17, 15) is 18.4 Å². The molecule has 7 heteroatoms. The van der Waals surface area contributed by atoms with Crippen molar-refractivity contribution in [2.24, 2.45) is 5.92 Å². The highest BCUT2D eigenvalue weighted by atomic mass is 19.1. The Morgan fingerprint density at radius 3 is 2.30 bits per heavy atom. The summed E-state index contributed by atoms with van der Waals surface area (Å²) in [6.07, 6.45) is 7.60. The van der Waals surface area contributed by atoms with Gasteiger partial charge in [-0.05, 0) is 68.6 Å². The second-order valence-electron chi connectivity index (χ2n) is 9.21. The lowest BCUT2D eigenvalue weighted by atomic mass is 9.92. The summed E-state index contributed by atoms with van der Waals surface area (Å²) in [6, 6.07) is 10.6. The fourth-order valence-electron chi connectivity index (χ4n) is 4.81. The Morgan fingerprint density at radius 2 is 1.61 bits per heavy atom. The van der Waals surface area contributed by atoms with E-state index in [0.29, 0.717) is 11.7 Å². The summed E-state index contributed by atoms with van der Waals surface area (Å²) in [5, 5.41) is 5.96. The summed E-state index contributed by atoms with van der Waals surface area (Å²) < 4.78 is 26.8. The Balaban J connectivity index is 1.27. The Morgan fingerprint density at radius 1 is 0.909 bits per heavy atom. The van der Waals surface area contributed by atoms with Crippen LogP contribution < -0.4 is 10.6 Å². The number of piperidine rings is 1. The fraction of sp³-hybridized carbons (Fsp3) is 0.462. The number of hydrogen-bond acceptors (Lipinski definition) is 3. The van der Waals surface area contributed by atoms with Crippen molar-refractivity contribution < 1.29 is 18.4 Å². The van der Waals surface area contributed by atoms with E-state index in [1.165, 1.54) is 19.3 Å². The number of amides is 2. The van der Waals surface area contributed by atoms with Gasteiger partial charge in [0, 0.05) is 35.8 Å². The molecule has 0 spiro atoms. The molecule has 1 aliphatic carbocycles. The van der Waals surface area contributed by atoms with Gasteiger partial charge in [-0.15, -0.1) is 0 Å². The van der Waals surface area contributed by atoms with Gasteiger partial charge in [-0.3, -0.25) is 14.5 Å². The first-order chi connectivity index (χ1) is 16.0. The van der Waals surface area contributed by atoms with E-state index in [-0.39, 0.29) is 17.4 Å². The maximum absolute atomic E-state index is 13.4. The largest absolute Gasteiger partial charge is 0.353 e. The number of anilines is 1. The lowest BCUT2D eigenvalue weighted by Crippen LogP contribution is -2.44. The molecule has 4 rings (SSSR count). The van der Waals surface area contributed by atoms with Crippen molar-refractivity contribution in [3.8, 4) is 0 Å². The number of hydrogen-bond donors (Lipinski definition) is 2. The number of likely N-dealkylation sites (tertiary alicyclic amines) is 1. The van der Waals surface area contributed by atoms with Crippen molar-refractivity contribution in [3.05, 3.63) is 65.2 Å². The minimum Gasteiger partial charge on any atom is -0.353 e. The summed E-state index contributed by atoms with van der Waals surface area (Å²) in [4.78, 5) is 27.3. The van der Waals surface area contributed by atoms with Crippen LogP contribution in [0.3, 0.4) is 0 Å². The highest BCUT2D eigenvalue weighted by molar-refractivity contribution is 6.04. The molecule has 1 saturated heterocycles. The van der Waals surface area contributed by atoms with Gasteiger partial charge in [0.2, 0.25) is 5.91 Å². The molecule has 1 saturated carbocycles. The highest BCUT2D eigenvalue weighted by Gasteiger charge is 2.27. The van der Waals surface area contributed by atoms with Crippen LogP contribution in [-0.2, 0) is 11.3 Å². The van der Waals surface area contributed by atoms with Gasteiger partial charge in [-0.25, -0.2) is 8.78 Å². The molecule has 33 heavy (non-hydrogen) atoms. The van der Waals surface area contributed by atoms with E-state index in [1.807, 2.05) is 18.2 Å². The lowest BCUT2D eigenvalue weighted by Gasteiger charge is -2.32. The van der Waals surface area contributed by atoms with Crippen LogP contribution in [0.25, 0.3) is 0 Å². The second kappa shape index (κ2) is 10.9. The van der Waals surface area contributed by atoms with Crippen LogP contribution in [0.5, 0.6) is 0 Å². The van der Waals surface area contributed by atoms with Gasteiger partial charge in [0.25, 0.3) is 5.91 Å². The SMILES string of the molecule is O=C(Nc1cccc(CN2CCC(C(=O)NC3CCCCC3)CC2)c1)c1cc(F)cc(F)c1. The average Bonchev–Trinajstić information content (AvgIpc) is 2.80. The molecule has 1 heterocycles. The van der Waals surface area contributed by atoms with Gasteiger partial charge >= 0.3 is 0 Å². The summed E-state index contributed by atoms with van der Waals surface area (Å²) in [5.41, 5.74) is 1.54. The zero-order valence-electron chi connectivity index (χ0n) is 18.8. The normalized spacial score (nSPS) is 18.1. The maximum atomic E-state index is 13.4. The lowest BCUT2D eigenvalue weighted by molar-refractivity contribution is -0.127. The zero-order valence-corrected chi connectivity index (χ0v) is 18.8. The standard InChI is InChI=1S/C26H31F2N3O2/c27-21-14-20(15-22(28)16-21)26(33)30-24-8-4-5-18(13-24)17-31-11-9-19(10-12-31)25(32)29-23-6-2-1-3-7-23/h4-5,8,13-16,19,23H,1-3,6-7,9-12,17H2,(H,29,32)(H,30,33). The second-order valence-corrected chi connectivity index (χ2v) is 9.21. The predicted molar refractivity (Wildman–Crippen MR) is 124 cm³/mol. The number of nitrogens with one attached hydrogen (secondary N) is 2. The van der Waals surface area contributed by atoms with E-state index < -0.39 is 17.5 Å². The molecule has 5 nitrogen and oxygen atoms in total. The fourth-order valence-corrected chi connectivity index (χ4v) is 4.81. The third-order valence-corrected chi connectivity index (χ3v) is 6.63. The summed E-state index contributed by atoms with van der Waals surface area (Å²) in [6.45, 7) is 2.42. The van der Waals surface area contributed by atoms with E-state index in [2.05, 4.69) is 15.5 Å². The molecule has 1 aliphatic heterocycles. The predicted octanol–water partition coefficient (Wildman–Crippen LogP) is 4.88. The molecule has 2 amide bonds. The molecule has 0 unspecified atom stereocenters. The quantitative estimate of drug-likeness (QED) is 0.653. The van der Waals surface area contributed by atoms with Crippen molar-refractivity contribution in [3.63, 3.8) is 0 Å². The smallest absolute Gasteiger partial charge is 0.255 e. The van der Waals surface area contributed by atoms with Crippen LogP contribution in [0.4, 0.5) is 14.5 Å². The molecule has 2 fully saturated rings. The molecule has 0 atom stereocenters. The molecule has 0 aromatic heterocycles. The molecule has 2 aromatic carbocycles. The van der Waals surface area contributed by atoms with E-state index >= 15 is 0 Å². The number of halogens is 2. The van der Waals surface area contributed by atoms with E-state index in [0.717, 1.165) is 69.1 Å². The third-order valence-electron chi connectivity index (χ3n) is 6.63. The third kappa shape index (κ3) is 6.60. The van der Waals surface area contributed by atoms with Crippen molar-refractivity contribution in [1.82, 2.24) is 10.2 Å². The molecular weight excluding hydrogens is 424 g/mol. The van der Waals surface area contributed by atoms with E-state index in [1.54, 1.807) is 6.07 Å². The van der Waals surface area contributed by atoms with Crippen molar-refractivity contribution in [2.45, 2.75) is 57.5 Å². The van der Waals surface area contributed by atoms with Crippen molar-refractivity contribution in [2.75, 3.05) is 18.4 Å². The van der Waals surface area contributed by atoms with Gasteiger partial charge in [-0.2, -0.15) is 0 Å². The van der Waals surface area contributed by atoms with Gasteiger partial charge in [0.15, 0.2) is 0 Å². The summed E-state index contributed by atoms with van der Waals surface area (Å²) in [5.74, 6) is -1.84. The summed E-state index contributed by atoms with van der Waals surface area (Å²) in [7, 11) is 0. The van der Waals surface area contributed by atoms with Crippen LogP contribution in [0.15, 0.2) is 42.5 Å². The van der Waals surface area contributed by atoms with Crippen LogP contribution in [0.2, 0.25) is 0 Å². The molecule has 0 radical (unpaired) electrons. The molecule has 2 aromatic rings. The Labute approximate surface area is 193 Å². The first-order valence-corrected chi connectivity index (χ1v) is 11.9. The van der Waals surface area contributed by atoms with Crippen LogP contribution in [-0.4, -0.2) is 35.8 Å². The van der Waals surface area contributed by atoms with Crippen LogP contribution in [0, 0.1) is 17.6 Å². The zero-order chi connectivity index (χ0) is 23.2. The molecule has 2 aliphatic rings. The minimum absolute atomic E-state index is 0.0634. The monoisotopic (exact) mass is 455 g/mol. The molecular formula is C26H31F2N3O2. The van der Waals surface area contributed by atoms with Crippen LogP contribution >= 0.6 is 0 Å². The molecule has 176 valence electrons. The van der Waals surface area contributed by atoms with Crippen molar-refractivity contribution in [1.29, 1.82) is 0 Å². The first kappa shape index (κ1) is 23.4. The first-order valence-electron chi connectivity index (χ1n) is 11.9. The summed E-state index contributed by atoms with van der Waals surface area (Å²) >= 11 is 0.